The Kier molecular flexibility index (Phi) is 5.29. The van der Waals surface area contributed by atoms with Gasteiger partial charge in [0.15, 0.2) is 0 Å². The van der Waals surface area contributed by atoms with Crippen molar-refractivity contribution in [3.05, 3.63) is 34.2 Å². The van der Waals surface area contributed by atoms with Crippen LogP contribution in [0.5, 0.6) is 0 Å². The third-order valence-corrected chi connectivity index (χ3v) is 2.77. The molecule has 1 atom stereocenters. The van der Waals surface area contributed by atoms with Crippen LogP contribution >= 0.6 is 0 Å². The number of carboxylic acids is 1. The molecule has 0 spiro atoms. The van der Waals surface area contributed by atoms with Crippen molar-refractivity contribution < 1.29 is 14.7 Å². The molecule has 0 saturated carbocycles. The average molecular weight is 266 g/mol. The maximum absolute atomic E-state index is 11.6. The highest BCUT2D eigenvalue weighted by Gasteiger charge is 2.17. The normalized spacial score (nSPS) is 11.9. The minimum Gasteiger partial charge on any atom is -0.480 e. The zero-order valence-corrected chi connectivity index (χ0v) is 11.0. The Morgan fingerprint density at radius 2 is 2.16 bits per heavy atom. The van der Waals surface area contributed by atoms with E-state index in [9.17, 15) is 14.4 Å². The molecule has 6 heteroatoms. The highest BCUT2D eigenvalue weighted by atomic mass is 16.4. The van der Waals surface area contributed by atoms with Gasteiger partial charge in [0, 0.05) is 25.2 Å². The first kappa shape index (κ1) is 14.9. The van der Waals surface area contributed by atoms with Crippen LogP contribution in [0.4, 0.5) is 0 Å². The molecule has 0 aliphatic carbocycles. The van der Waals surface area contributed by atoms with E-state index in [0.29, 0.717) is 6.42 Å². The smallest absolute Gasteiger partial charge is 0.326 e. The second-order valence-electron chi connectivity index (χ2n) is 4.35. The van der Waals surface area contributed by atoms with Gasteiger partial charge in [0.2, 0.25) is 5.91 Å². The Hall–Kier alpha value is -2.11. The Morgan fingerprint density at radius 3 is 2.68 bits per heavy atom. The zero-order chi connectivity index (χ0) is 14.4. The number of rotatable bonds is 6. The predicted octanol–water partition coefficient (Wildman–Crippen LogP) is 0.526. The first-order valence-electron chi connectivity index (χ1n) is 6.13. The third-order valence-electron chi connectivity index (χ3n) is 2.77. The number of aryl methyl sites for hydroxylation is 2. The van der Waals surface area contributed by atoms with Gasteiger partial charge >= 0.3 is 5.97 Å². The molecule has 0 bridgehead atoms. The number of carboxylic acid groups (broad SMARTS) is 1. The molecule has 1 rings (SSSR count). The van der Waals surface area contributed by atoms with E-state index in [1.807, 2.05) is 6.92 Å². The standard InChI is InChI=1S/C13H18N2O4/c1-3-10(13(18)19)14-11(16)5-7-15-6-4-9(2)8-12(15)17/h4,6,8,10H,3,5,7H2,1-2H3,(H,14,16)(H,18,19). The van der Waals surface area contributed by atoms with Gasteiger partial charge in [-0.15, -0.1) is 0 Å². The van der Waals surface area contributed by atoms with E-state index in [4.69, 9.17) is 5.11 Å². The van der Waals surface area contributed by atoms with Crippen molar-refractivity contribution in [3.63, 3.8) is 0 Å². The molecule has 0 fully saturated rings. The van der Waals surface area contributed by atoms with Crippen molar-refractivity contribution in [3.8, 4) is 0 Å². The van der Waals surface area contributed by atoms with Gasteiger partial charge in [-0.3, -0.25) is 9.59 Å². The molecule has 0 aromatic carbocycles. The topological polar surface area (TPSA) is 88.4 Å². The van der Waals surface area contributed by atoms with Crippen LogP contribution in [0.3, 0.4) is 0 Å². The molecule has 1 unspecified atom stereocenters. The second-order valence-corrected chi connectivity index (χ2v) is 4.35. The lowest BCUT2D eigenvalue weighted by Gasteiger charge is -2.12. The van der Waals surface area contributed by atoms with Crippen LogP contribution in [0.1, 0.15) is 25.3 Å². The van der Waals surface area contributed by atoms with Gasteiger partial charge in [0.1, 0.15) is 6.04 Å². The predicted molar refractivity (Wildman–Crippen MR) is 69.9 cm³/mol. The van der Waals surface area contributed by atoms with E-state index < -0.39 is 12.0 Å². The number of hydrogen-bond acceptors (Lipinski definition) is 3. The quantitative estimate of drug-likeness (QED) is 0.786. The van der Waals surface area contributed by atoms with E-state index >= 15 is 0 Å². The van der Waals surface area contributed by atoms with Crippen LogP contribution in [0.15, 0.2) is 23.1 Å². The molecule has 1 aromatic heterocycles. The summed E-state index contributed by atoms with van der Waals surface area (Å²) in [6.07, 6.45) is 2.03. The molecule has 6 nitrogen and oxygen atoms in total. The number of aliphatic carboxylic acids is 1. The van der Waals surface area contributed by atoms with Crippen molar-refractivity contribution in [2.75, 3.05) is 0 Å². The maximum atomic E-state index is 11.6. The van der Waals surface area contributed by atoms with Crippen LogP contribution in [0.2, 0.25) is 0 Å². The maximum Gasteiger partial charge on any atom is 0.326 e. The minimum atomic E-state index is -1.05. The first-order valence-corrected chi connectivity index (χ1v) is 6.13. The SMILES string of the molecule is CCC(NC(=O)CCn1ccc(C)cc1=O)C(=O)O. The number of carbonyl (C=O) groups is 2. The number of nitrogens with one attached hydrogen (secondary N) is 1. The van der Waals surface area contributed by atoms with Crippen LogP contribution in [-0.2, 0) is 16.1 Å². The lowest BCUT2D eigenvalue weighted by atomic mass is 10.2. The summed E-state index contributed by atoms with van der Waals surface area (Å²) in [6, 6.07) is 2.40. The van der Waals surface area contributed by atoms with Crippen molar-refractivity contribution in [2.45, 2.75) is 39.3 Å². The molecule has 1 amide bonds. The lowest BCUT2D eigenvalue weighted by molar-refractivity contribution is -0.141. The van der Waals surface area contributed by atoms with Crippen molar-refractivity contribution in [1.82, 2.24) is 9.88 Å². The van der Waals surface area contributed by atoms with Gasteiger partial charge in [0.25, 0.3) is 5.56 Å². The Labute approximate surface area is 111 Å². The zero-order valence-electron chi connectivity index (χ0n) is 11.0. The number of amides is 1. The van der Waals surface area contributed by atoms with Crippen molar-refractivity contribution >= 4 is 11.9 Å². The highest BCUT2D eigenvalue weighted by molar-refractivity contribution is 5.83. The van der Waals surface area contributed by atoms with E-state index in [2.05, 4.69) is 5.32 Å². The fraction of sp³-hybridized carbons (Fsp3) is 0.462. The van der Waals surface area contributed by atoms with Gasteiger partial charge in [-0.05, 0) is 25.0 Å². The van der Waals surface area contributed by atoms with Crippen LogP contribution in [-0.4, -0.2) is 27.6 Å². The van der Waals surface area contributed by atoms with Gasteiger partial charge in [0.05, 0.1) is 0 Å². The summed E-state index contributed by atoms with van der Waals surface area (Å²) in [5, 5.41) is 11.2. The Bertz CT molecular complexity index is 522. The summed E-state index contributed by atoms with van der Waals surface area (Å²) in [6.45, 7) is 3.74. The summed E-state index contributed by atoms with van der Waals surface area (Å²) in [4.78, 5) is 33.9. The van der Waals surface area contributed by atoms with Crippen molar-refractivity contribution in [1.29, 1.82) is 0 Å². The summed E-state index contributed by atoms with van der Waals surface area (Å²) >= 11 is 0. The summed E-state index contributed by atoms with van der Waals surface area (Å²) in [5.41, 5.74) is 0.695. The molecular formula is C13H18N2O4. The molecule has 1 heterocycles. The molecule has 0 saturated heterocycles. The van der Waals surface area contributed by atoms with Crippen LogP contribution in [0.25, 0.3) is 0 Å². The molecule has 2 N–H and O–H groups in total. The number of nitrogens with zero attached hydrogens (tertiary/aromatic N) is 1. The summed E-state index contributed by atoms with van der Waals surface area (Å²) < 4.78 is 1.42. The second kappa shape index (κ2) is 6.72. The molecule has 19 heavy (non-hydrogen) atoms. The van der Waals surface area contributed by atoms with Gasteiger partial charge in [-0.2, -0.15) is 0 Å². The van der Waals surface area contributed by atoms with Gasteiger partial charge in [-0.25, -0.2) is 4.79 Å². The molecule has 1 aromatic rings. The molecular weight excluding hydrogens is 248 g/mol. The number of pyridine rings is 1. The van der Waals surface area contributed by atoms with Crippen molar-refractivity contribution in [2.24, 2.45) is 0 Å². The third kappa shape index (κ3) is 4.57. The molecule has 0 aliphatic heterocycles. The monoisotopic (exact) mass is 266 g/mol. The van der Waals surface area contributed by atoms with E-state index in [1.165, 1.54) is 10.6 Å². The number of carbonyl (C=O) groups excluding carboxylic acids is 1. The largest absolute Gasteiger partial charge is 0.480 e. The molecule has 0 aliphatic rings. The summed E-state index contributed by atoms with van der Waals surface area (Å²) in [5.74, 6) is -1.43. The van der Waals surface area contributed by atoms with E-state index in [1.54, 1.807) is 19.2 Å². The van der Waals surface area contributed by atoms with Gasteiger partial charge in [-0.1, -0.05) is 6.92 Å². The molecule has 0 radical (unpaired) electrons. The van der Waals surface area contributed by atoms with Gasteiger partial charge < -0.3 is 15.0 Å². The number of hydrogen-bond donors (Lipinski definition) is 2. The lowest BCUT2D eigenvalue weighted by Crippen LogP contribution is -2.40. The first-order chi connectivity index (χ1) is 8.93. The minimum absolute atomic E-state index is 0.0761. The van der Waals surface area contributed by atoms with E-state index in [-0.39, 0.29) is 24.4 Å². The average Bonchev–Trinajstić information content (AvgIpc) is 2.34. The van der Waals surface area contributed by atoms with Crippen LogP contribution in [0, 0.1) is 6.92 Å². The Morgan fingerprint density at radius 1 is 1.47 bits per heavy atom. The van der Waals surface area contributed by atoms with E-state index in [0.717, 1.165) is 5.56 Å². The molecule has 104 valence electrons. The summed E-state index contributed by atoms with van der Waals surface area (Å²) in [7, 11) is 0. The highest BCUT2D eigenvalue weighted by Crippen LogP contribution is 1.95. The fourth-order valence-corrected chi connectivity index (χ4v) is 1.62. The fourth-order valence-electron chi connectivity index (χ4n) is 1.62. The Balaban J connectivity index is 2.54. The number of aromatic nitrogens is 1. The van der Waals surface area contributed by atoms with Crippen LogP contribution < -0.4 is 10.9 Å².